The monoisotopic (exact) mass is 346 g/mol. The van der Waals surface area contributed by atoms with Crippen LogP contribution < -0.4 is 4.90 Å². The van der Waals surface area contributed by atoms with Crippen molar-refractivity contribution in [3.8, 4) is 0 Å². The molecular formula is C17H32NO3Ti-. The van der Waals surface area contributed by atoms with Crippen molar-refractivity contribution in [2.24, 2.45) is 0 Å². The first-order chi connectivity index (χ1) is 10.1. The van der Waals surface area contributed by atoms with Gasteiger partial charge in [0, 0.05) is 47.2 Å². The summed E-state index contributed by atoms with van der Waals surface area (Å²) < 4.78 is 0. The molecule has 22 heavy (non-hydrogen) atoms. The smallest absolute Gasteiger partial charge is 0.0404 e. The van der Waals surface area contributed by atoms with E-state index in [0.717, 1.165) is 13.0 Å². The van der Waals surface area contributed by atoms with Gasteiger partial charge in [-0.05, 0) is 45.6 Å². The number of hydrogen-bond donors (Lipinski definition) is 3. The van der Waals surface area contributed by atoms with Crippen molar-refractivity contribution in [2.45, 2.75) is 27.2 Å². The third kappa shape index (κ3) is 24.4. The van der Waals surface area contributed by atoms with Gasteiger partial charge in [0.15, 0.2) is 0 Å². The van der Waals surface area contributed by atoms with E-state index < -0.39 is 0 Å². The summed E-state index contributed by atoms with van der Waals surface area (Å²) in [5.74, 6) is 0. The molecule has 1 aromatic carbocycles. The zero-order valence-corrected chi connectivity index (χ0v) is 15.8. The van der Waals surface area contributed by atoms with Gasteiger partial charge in [-0.25, -0.2) is 0 Å². The summed E-state index contributed by atoms with van der Waals surface area (Å²) in [6.45, 7) is 14.3. The van der Waals surface area contributed by atoms with E-state index in [0.29, 0.717) is 0 Å². The van der Waals surface area contributed by atoms with Crippen LogP contribution in [0.2, 0.25) is 0 Å². The molecule has 128 valence electrons. The van der Waals surface area contributed by atoms with Crippen molar-refractivity contribution in [1.29, 1.82) is 0 Å². The Morgan fingerprint density at radius 3 is 1.64 bits per heavy atom. The Bertz CT molecular complexity index is 280. The quantitative estimate of drug-likeness (QED) is 0.579. The van der Waals surface area contributed by atoms with Crippen LogP contribution in [0.1, 0.15) is 27.2 Å². The standard InChI is InChI=1S/C11H14N.3C2H6O.Ti/c1-3-10-12(4-2)11-8-6-5-7-9-11;3*1-2-3;/h4-9H,1-3,10H2;3*3H,2H2,1H3;/q-1;;;;. The number of aliphatic hydroxyl groups excluding tert-OH is 3. The molecule has 0 spiro atoms. The number of hydrogen-bond acceptors (Lipinski definition) is 4. The van der Waals surface area contributed by atoms with Crippen LogP contribution in [0.4, 0.5) is 5.69 Å². The van der Waals surface area contributed by atoms with E-state index >= 15 is 0 Å². The molecule has 5 heteroatoms. The molecular weight excluding hydrogens is 314 g/mol. The van der Waals surface area contributed by atoms with E-state index in [1.54, 1.807) is 20.8 Å². The fourth-order valence-corrected chi connectivity index (χ4v) is 1.12. The van der Waals surface area contributed by atoms with Gasteiger partial charge in [0.1, 0.15) is 0 Å². The Hall–Kier alpha value is -0.646. The number of nitrogens with zero attached hydrogens (tertiary/aromatic N) is 1. The van der Waals surface area contributed by atoms with E-state index in [1.807, 2.05) is 24.4 Å². The molecule has 0 amide bonds. The Balaban J connectivity index is -0.000000136. The average Bonchev–Trinajstić information content (AvgIpc) is 2.48. The molecule has 0 aliphatic heterocycles. The van der Waals surface area contributed by atoms with Gasteiger partial charge in [-0.3, -0.25) is 0 Å². The second kappa shape index (κ2) is 28.5. The second-order valence-corrected chi connectivity index (χ2v) is 3.51. The zero-order valence-electron chi connectivity index (χ0n) is 14.2. The average molecular weight is 346 g/mol. The topological polar surface area (TPSA) is 63.9 Å². The Kier molecular flexibility index (Phi) is 38.1. The largest absolute Gasteiger partial charge is 0.397 e. The van der Waals surface area contributed by atoms with Crippen LogP contribution in [0.3, 0.4) is 0 Å². The molecule has 0 unspecified atom stereocenters. The molecule has 1 aromatic rings. The van der Waals surface area contributed by atoms with Gasteiger partial charge in [0.05, 0.1) is 0 Å². The maximum absolute atomic E-state index is 7.57. The van der Waals surface area contributed by atoms with E-state index in [-0.39, 0.29) is 41.5 Å². The summed E-state index contributed by atoms with van der Waals surface area (Å²) in [7, 11) is 0. The van der Waals surface area contributed by atoms with Gasteiger partial charge in [-0.2, -0.15) is 6.42 Å². The van der Waals surface area contributed by atoms with E-state index in [1.165, 1.54) is 5.69 Å². The predicted octanol–water partition coefficient (Wildman–Crippen LogP) is 2.85. The maximum Gasteiger partial charge on any atom is 0.0404 e. The van der Waals surface area contributed by atoms with Crippen LogP contribution in [-0.4, -0.2) is 41.7 Å². The summed E-state index contributed by atoms with van der Waals surface area (Å²) >= 11 is 0. The third-order valence-electron chi connectivity index (χ3n) is 1.71. The first-order valence-corrected chi connectivity index (χ1v) is 7.19. The van der Waals surface area contributed by atoms with Crippen LogP contribution in [0, 0.1) is 6.92 Å². The van der Waals surface area contributed by atoms with E-state index in [4.69, 9.17) is 15.3 Å². The number of rotatable bonds is 4. The van der Waals surface area contributed by atoms with Gasteiger partial charge in [0.25, 0.3) is 0 Å². The van der Waals surface area contributed by atoms with Gasteiger partial charge in [0.2, 0.25) is 0 Å². The van der Waals surface area contributed by atoms with Crippen molar-refractivity contribution in [1.82, 2.24) is 0 Å². The van der Waals surface area contributed by atoms with Crippen molar-refractivity contribution in [3.63, 3.8) is 0 Å². The fraction of sp³-hybridized carbons (Fsp3) is 0.471. The van der Waals surface area contributed by atoms with Gasteiger partial charge in [-0.15, -0.1) is 0 Å². The molecule has 0 radical (unpaired) electrons. The second-order valence-electron chi connectivity index (χ2n) is 3.51. The van der Waals surface area contributed by atoms with Gasteiger partial charge in [-0.1, -0.05) is 24.8 Å². The molecule has 0 aromatic heterocycles. The molecule has 3 N–H and O–H groups in total. The summed E-state index contributed by atoms with van der Waals surface area (Å²) in [6.07, 6.45) is 2.72. The molecule has 0 bridgehead atoms. The summed E-state index contributed by atoms with van der Waals surface area (Å²) in [5, 5.41) is 22.7. The molecule has 1 rings (SSSR count). The minimum absolute atomic E-state index is 0. The molecule has 0 saturated carbocycles. The maximum atomic E-state index is 7.57. The molecule has 0 heterocycles. The van der Waals surface area contributed by atoms with E-state index in [2.05, 4.69) is 30.5 Å². The molecule has 0 saturated heterocycles. The molecule has 0 aliphatic rings. The molecule has 0 aliphatic carbocycles. The van der Waals surface area contributed by atoms with Gasteiger partial charge < -0.3 is 27.1 Å². The van der Waals surface area contributed by atoms with Crippen molar-refractivity contribution < 1.29 is 37.0 Å². The van der Waals surface area contributed by atoms with Gasteiger partial charge >= 0.3 is 0 Å². The van der Waals surface area contributed by atoms with Crippen LogP contribution in [0.25, 0.3) is 0 Å². The number of para-hydroxylation sites is 1. The van der Waals surface area contributed by atoms with Crippen LogP contribution >= 0.6 is 0 Å². The number of benzene rings is 1. The zero-order chi connectivity index (χ0) is 16.9. The van der Waals surface area contributed by atoms with Crippen molar-refractivity contribution in [2.75, 3.05) is 31.3 Å². The minimum atomic E-state index is 0. The van der Waals surface area contributed by atoms with Crippen molar-refractivity contribution in [3.05, 3.63) is 50.0 Å². The Morgan fingerprint density at radius 1 is 1.00 bits per heavy atom. The SMILES string of the molecule is C=CN(CC[CH2-])c1ccccc1.CCO.CCO.CCO.[Ti]. The fourth-order valence-electron chi connectivity index (χ4n) is 1.12. The van der Waals surface area contributed by atoms with Crippen molar-refractivity contribution >= 4 is 5.69 Å². The number of aliphatic hydroxyl groups is 3. The van der Waals surface area contributed by atoms with Crippen LogP contribution in [0.5, 0.6) is 0 Å². The normalized spacial score (nSPS) is 7.59. The first-order valence-electron chi connectivity index (χ1n) is 7.19. The molecule has 0 atom stereocenters. The van der Waals surface area contributed by atoms with Crippen LogP contribution in [-0.2, 0) is 21.7 Å². The minimum Gasteiger partial charge on any atom is -0.397 e. The predicted molar refractivity (Wildman–Crippen MR) is 92.2 cm³/mol. The van der Waals surface area contributed by atoms with E-state index in [9.17, 15) is 0 Å². The van der Waals surface area contributed by atoms with Crippen LogP contribution in [0.15, 0.2) is 43.1 Å². The Labute approximate surface area is 151 Å². The molecule has 0 fully saturated rings. The molecule has 4 nitrogen and oxygen atoms in total. The summed E-state index contributed by atoms with van der Waals surface area (Å²) in [5.41, 5.74) is 1.18. The summed E-state index contributed by atoms with van der Waals surface area (Å²) in [4.78, 5) is 2.09. The Morgan fingerprint density at radius 2 is 1.36 bits per heavy atom. The third-order valence-corrected chi connectivity index (χ3v) is 1.71. The first kappa shape index (κ1) is 29.4. The number of anilines is 1. The summed E-state index contributed by atoms with van der Waals surface area (Å²) in [6, 6.07) is 10.2.